The van der Waals surface area contributed by atoms with Crippen molar-refractivity contribution in [2.45, 2.75) is 32.7 Å². The maximum atomic E-state index is 12.7. The monoisotopic (exact) mass is 366 g/mol. The van der Waals surface area contributed by atoms with E-state index in [1.807, 2.05) is 32.0 Å². The summed E-state index contributed by atoms with van der Waals surface area (Å²) in [6, 6.07) is 12.1. The molecule has 1 aliphatic rings. The van der Waals surface area contributed by atoms with Gasteiger partial charge in [-0.05, 0) is 43.0 Å². The normalized spacial score (nSPS) is 14.9. The molecule has 2 heterocycles. The number of rotatable bonds is 6. The molecule has 0 radical (unpaired) electrons. The molecule has 142 valence electrons. The average Bonchev–Trinajstić information content (AvgIpc) is 3.21. The van der Waals surface area contributed by atoms with E-state index in [9.17, 15) is 9.59 Å². The number of nitrogens with one attached hydrogen (secondary N) is 2. The van der Waals surface area contributed by atoms with Gasteiger partial charge in [-0.25, -0.2) is 4.98 Å². The summed E-state index contributed by atoms with van der Waals surface area (Å²) in [4.78, 5) is 31.8. The van der Waals surface area contributed by atoms with Crippen LogP contribution in [0.1, 0.15) is 37.0 Å². The van der Waals surface area contributed by atoms with Crippen molar-refractivity contribution in [3.05, 3.63) is 54.2 Å². The van der Waals surface area contributed by atoms with Crippen LogP contribution in [-0.2, 0) is 4.79 Å². The van der Waals surface area contributed by atoms with Crippen molar-refractivity contribution in [2.24, 2.45) is 5.92 Å². The van der Waals surface area contributed by atoms with Crippen LogP contribution in [0.4, 0.5) is 11.5 Å². The maximum Gasteiger partial charge on any atom is 0.251 e. The third kappa shape index (κ3) is 4.84. The fraction of sp³-hybridized carbons (Fsp3) is 0.381. The third-order valence-electron chi connectivity index (χ3n) is 4.72. The molecule has 6 nitrogen and oxygen atoms in total. The standard InChI is InChI=1S/C21H26N4O2/c1-15(2)19(24-20(26)16-8-4-3-5-9-16)21(27)23-17-10-11-18(22-14-17)25-12-6-7-13-25/h3-5,8-11,14-15,19H,6-7,12-13H2,1-2H3,(H,23,27)(H,24,26). The van der Waals surface area contributed by atoms with Crippen molar-refractivity contribution in [1.29, 1.82) is 0 Å². The molecule has 1 aromatic carbocycles. The Kier molecular flexibility index (Phi) is 6.06. The summed E-state index contributed by atoms with van der Waals surface area (Å²) >= 11 is 0. The van der Waals surface area contributed by atoms with Gasteiger partial charge >= 0.3 is 0 Å². The lowest BCUT2D eigenvalue weighted by atomic mass is 10.0. The lowest BCUT2D eigenvalue weighted by Crippen LogP contribution is -2.47. The molecule has 3 rings (SSSR count). The van der Waals surface area contributed by atoms with Gasteiger partial charge in [0.25, 0.3) is 5.91 Å². The second-order valence-corrected chi connectivity index (χ2v) is 7.15. The van der Waals surface area contributed by atoms with Crippen LogP contribution in [0.3, 0.4) is 0 Å². The topological polar surface area (TPSA) is 74.3 Å². The fourth-order valence-electron chi connectivity index (χ4n) is 3.16. The summed E-state index contributed by atoms with van der Waals surface area (Å²) in [5.41, 5.74) is 1.16. The molecule has 2 N–H and O–H groups in total. The second-order valence-electron chi connectivity index (χ2n) is 7.15. The molecule has 2 amide bonds. The van der Waals surface area contributed by atoms with Gasteiger partial charge < -0.3 is 15.5 Å². The number of anilines is 2. The Hall–Kier alpha value is -2.89. The van der Waals surface area contributed by atoms with Gasteiger partial charge in [-0.15, -0.1) is 0 Å². The van der Waals surface area contributed by atoms with E-state index in [0.717, 1.165) is 18.9 Å². The van der Waals surface area contributed by atoms with E-state index in [1.54, 1.807) is 30.5 Å². The molecule has 1 saturated heterocycles. The van der Waals surface area contributed by atoms with E-state index in [2.05, 4.69) is 20.5 Å². The summed E-state index contributed by atoms with van der Waals surface area (Å²) < 4.78 is 0. The van der Waals surface area contributed by atoms with Crippen molar-refractivity contribution < 1.29 is 9.59 Å². The Morgan fingerprint density at radius 3 is 2.33 bits per heavy atom. The highest BCUT2D eigenvalue weighted by molar-refractivity contribution is 6.01. The SMILES string of the molecule is CC(C)C(NC(=O)c1ccccc1)C(=O)Nc1ccc(N2CCCC2)nc1. The van der Waals surface area contributed by atoms with Gasteiger partial charge in [-0.3, -0.25) is 9.59 Å². The average molecular weight is 366 g/mol. The number of hydrogen-bond acceptors (Lipinski definition) is 4. The van der Waals surface area contributed by atoms with Crippen LogP contribution in [0.5, 0.6) is 0 Å². The van der Waals surface area contributed by atoms with Gasteiger partial charge in [0.05, 0.1) is 11.9 Å². The summed E-state index contributed by atoms with van der Waals surface area (Å²) in [6.07, 6.45) is 4.05. The van der Waals surface area contributed by atoms with E-state index < -0.39 is 6.04 Å². The fourth-order valence-corrected chi connectivity index (χ4v) is 3.16. The number of benzene rings is 1. The number of carbonyl (C=O) groups is 2. The molecule has 1 aromatic heterocycles. The van der Waals surface area contributed by atoms with Gasteiger partial charge in [-0.2, -0.15) is 0 Å². The van der Waals surface area contributed by atoms with Gasteiger partial charge in [-0.1, -0.05) is 32.0 Å². The molecule has 2 aromatic rings. The Morgan fingerprint density at radius 2 is 1.74 bits per heavy atom. The minimum atomic E-state index is -0.629. The zero-order valence-electron chi connectivity index (χ0n) is 15.8. The van der Waals surface area contributed by atoms with Crippen LogP contribution in [0.25, 0.3) is 0 Å². The molecule has 6 heteroatoms. The number of aromatic nitrogens is 1. The number of nitrogens with zero attached hydrogens (tertiary/aromatic N) is 2. The lowest BCUT2D eigenvalue weighted by molar-refractivity contribution is -0.118. The van der Waals surface area contributed by atoms with Gasteiger partial charge in [0.15, 0.2) is 0 Å². The number of carbonyl (C=O) groups excluding carboxylic acids is 2. The molecule has 0 saturated carbocycles. The van der Waals surface area contributed by atoms with Gasteiger partial charge in [0.2, 0.25) is 5.91 Å². The summed E-state index contributed by atoms with van der Waals surface area (Å²) in [5, 5.41) is 5.69. The van der Waals surface area contributed by atoms with Crippen molar-refractivity contribution in [1.82, 2.24) is 10.3 Å². The maximum absolute atomic E-state index is 12.7. The van der Waals surface area contributed by atoms with Crippen LogP contribution in [0.2, 0.25) is 0 Å². The van der Waals surface area contributed by atoms with Crippen LogP contribution in [0, 0.1) is 5.92 Å². The van der Waals surface area contributed by atoms with Crippen molar-refractivity contribution in [3.63, 3.8) is 0 Å². The molecule has 1 unspecified atom stereocenters. The van der Waals surface area contributed by atoms with Crippen molar-refractivity contribution >= 4 is 23.3 Å². The summed E-state index contributed by atoms with van der Waals surface area (Å²) in [7, 11) is 0. The summed E-state index contributed by atoms with van der Waals surface area (Å²) in [5.74, 6) is 0.384. The Labute approximate surface area is 160 Å². The predicted molar refractivity (Wildman–Crippen MR) is 107 cm³/mol. The Bertz CT molecular complexity index is 769. The van der Waals surface area contributed by atoms with E-state index in [-0.39, 0.29) is 17.7 Å². The Balaban J connectivity index is 1.63. The zero-order chi connectivity index (χ0) is 19.2. The smallest absolute Gasteiger partial charge is 0.251 e. The lowest BCUT2D eigenvalue weighted by Gasteiger charge is -2.22. The highest BCUT2D eigenvalue weighted by Crippen LogP contribution is 2.19. The molecule has 27 heavy (non-hydrogen) atoms. The number of pyridine rings is 1. The van der Waals surface area contributed by atoms with E-state index in [1.165, 1.54) is 12.8 Å². The highest BCUT2D eigenvalue weighted by atomic mass is 16.2. The van der Waals surface area contributed by atoms with Gasteiger partial charge in [0, 0.05) is 18.7 Å². The third-order valence-corrected chi connectivity index (χ3v) is 4.72. The largest absolute Gasteiger partial charge is 0.357 e. The minimum Gasteiger partial charge on any atom is -0.357 e. The first-order valence-electron chi connectivity index (χ1n) is 9.42. The van der Waals surface area contributed by atoms with Crippen LogP contribution < -0.4 is 15.5 Å². The summed E-state index contributed by atoms with van der Waals surface area (Å²) in [6.45, 7) is 5.87. The van der Waals surface area contributed by atoms with Crippen molar-refractivity contribution in [2.75, 3.05) is 23.3 Å². The predicted octanol–water partition coefficient (Wildman–Crippen LogP) is 3.07. The minimum absolute atomic E-state index is 0.0468. The molecule has 1 fully saturated rings. The first-order chi connectivity index (χ1) is 13.0. The molecular weight excluding hydrogens is 340 g/mol. The zero-order valence-corrected chi connectivity index (χ0v) is 15.8. The van der Waals surface area contributed by atoms with E-state index in [4.69, 9.17) is 0 Å². The van der Waals surface area contributed by atoms with Crippen LogP contribution in [0.15, 0.2) is 48.7 Å². The molecule has 0 aliphatic carbocycles. The van der Waals surface area contributed by atoms with Gasteiger partial charge in [0.1, 0.15) is 11.9 Å². The molecule has 0 bridgehead atoms. The molecule has 1 atom stereocenters. The van der Waals surface area contributed by atoms with E-state index >= 15 is 0 Å². The van der Waals surface area contributed by atoms with Crippen molar-refractivity contribution in [3.8, 4) is 0 Å². The Morgan fingerprint density at radius 1 is 1.04 bits per heavy atom. The first kappa shape index (κ1) is 18.9. The molecule has 0 spiro atoms. The number of amides is 2. The second kappa shape index (κ2) is 8.66. The first-order valence-corrected chi connectivity index (χ1v) is 9.42. The van der Waals surface area contributed by atoms with Crippen LogP contribution in [-0.4, -0.2) is 35.9 Å². The number of hydrogen-bond donors (Lipinski definition) is 2. The highest BCUT2D eigenvalue weighted by Gasteiger charge is 2.25. The van der Waals surface area contributed by atoms with E-state index in [0.29, 0.717) is 11.3 Å². The molecular formula is C21H26N4O2. The molecule has 1 aliphatic heterocycles. The quantitative estimate of drug-likeness (QED) is 0.824. The van der Waals surface area contributed by atoms with Crippen LogP contribution >= 0.6 is 0 Å².